The molecule has 0 aliphatic carbocycles. The number of rotatable bonds is 9. The molecule has 6 heteroatoms. The predicted molar refractivity (Wildman–Crippen MR) is 114 cm³/mol. The van der Waals surface area contributed by atoms with Crippen molar-refractivity contribution in [3.63, 3.8) is 0 Å². The van der Waals surface area contributed by atoms with Crippen LogP contribution in [0.1, 0.15) is 15.9 Å². The quantitative estimate of drug-likeness (QED) is 0.431. The van der Waals surface area contributed by atoms with E-state index in [4.69, 9.17) is 14.2 Å². The van der Waals surface area contributed by atoms with Crippen molar-refractivity contribution in [3.8, 4) is 11.5 Å². The van der Waals surface area contributed by atoms with Crippen molar-refractivity contribution in [2.45, 2.75) is 31.0 Å². The Kier molecular flexibility index (Phi) is 7.96. The second kappa shape index (κ2) is 9.97. The summed E-state index contributed by atoms with van der Waals surface area (Å²) in [6, 6.07) is 14.9. The van der Waals surface area contributed by atoms with Gasteiger partial charge >= 0.3 is 169 Å². The molecule has 2 rings (SSSR count). The molecule has 0 bridgehead atoms. The van der Waals surface area contributed by atoms with Crippen LogP contribution in [0.4, 0.5) is 0 Å². The Morgan fingerprint density at radius 1 is 1.04 bits per heavy atom. The Morgan fingerprint density at radius 3 is 2.33 bits per heavy atom. The molecule has 0 unspecified atom stereocenters. The molecule has 2 aromatic carbocycles. The van der Waals surface area contributed by atoms with Crippen molar-refractivity contribution in [1.82, 2.24) is 0 Å². The molecule has 4 nitrogen and oxygen atoms in total. The third-order valence-electron chi connectivity index (χ3n) is 4.04. The number of ether oxygens (including phenoxy) is 3. The fourth-order valence-corrected chi connectivity index (χ4v) is 5.07. The predicted octanol–water partition coefficient (Wildman–Crippen LogP) is 3.73. The Bertz CT molecular complexity index is 757. The second-order valence-corrected chi connectivity index (χ2v) is 15.2. The molecule has 0 aliphatic rings. The van der Waals surface area contributed by atoms with Crippen molar-refractivity contribution < 1.29 is 19.0 Å². The Hall–Kier alpha value is -1.75. The first-order valence-electron chi connectivity index (χ1n) is 8.94. The van der Waals surface area contributed by atoms with Gasteiger partial charge in [-0.05, 0) is 0 Å². The topological polar surface area (TPSA) is 44.8 Å². The van der Waals surface area contributed by atoms with Gasteiger partial charge in [0.1, 0.15) is 0 Å². The van der Waals surface area contributed by atoms with E-state index >= 15 is 0 Å². The number of carbonyl (C=O) groups excluding carboxylic acids is 1. The zero-order valence-corrected chi connectivity index (χ0v) is 19.4. The van der Waals surface area contributed by atoms with Gasteiger partial charge in [-0.15, -0.1) is 0 Å². The molecule has 0 aromatic heterocycles. The van der Waals surface area contributed by atoms with Gasteiger partial charge in [-0.1, -0.05) is 0 Å². The van der Waals surface area contributed by atoms with Gasteiger partial charge in [-0.25, -0.2) is 0 Å². The summed E-state index contributed by atoms with van der Waals surface area (Å²) in [5.74, 6) is 0.877. The molecule has 0 saturated heterocycles. The van der Waals surface area contributed by atoms with Crippen molar-refractivity contribution in [2.24, 2.45) is 0 Å². The summed E-state index contributed by atoms with van der Waals surface area (Å²) < 4.78 is 17.8. The van der Waals surface area contributed by atoms with Crippen molar-refractivity contribution >= 4 is 33.5 Å². The number of benzene rings is 2. The molecule has 0 N–H and O–H groups in total. The zero-order chi connectivity index (χ0) is 19.9. The van der Waals surface area contributed by atoms with E-state index in [-0.39, 0.29) is 20.9 Å². The van der Waals surface area contributed by atoms with Crippen LogP contribution in [0, 0.1) is 0 Å². The maximum atomic E-state index is 12.8. The SMILES string of the molecule is COc1cc(C[Se]c2ccccc2)c(C(=O)OCC[Si](C)(C)C)c(OC)c1. The van der Waals surface area contributed by atoms with E-state index in [1.165, 1.54) is 4.46 Å². The first kappa shape index (κ1) is 21.5. The molecule has 0 fully saturated rings. The molecule has 0 heterocycles. The minimum absolute atomic E-state index is 0.200. The van der Waals surface area contributed by atoms with E-state index in [2.05, 4.69) is 31.8 Å². The summed E-state index contributed by atoms with van der Waals surface area (Å²) in [6.07, 6.45) is 0. The van der Waals surface area contributed by atoms with Crippen LogP contribution in [0.15, 0.2) is 42.5 Å². The average molecular weight is 451 g/mol. The van der Waals surface area contributed by atoms with Crippen LogP contribution < -0.4 is 13.9 Å². The number of methoxy groups -OCH3 is 2. The van der Waals surface area contributed by atoms with Crippen LogP contribution in [0.2, 0.25) is 25.7 Å². The van der Waals surface area contributed by atoms with Gasteiger partial charge in [0.25, 0.3) is 0 Å². The van der Waals surface area contributed by atoms with Gasteiger partial charge in [0.05, 0.1) is 0 Å². The van der Waals surface area contributed by atoms with Crippen LogP contribution in [0.5, 0.6) is 11.5 Å². The van der Waals surface area contributed by atoms with Crippen molar-refractivity contribution in [2.75, 3.05) is 20.8 Å². The summed E-state index contributed by atoms with van der Waals surface area (Å²) in [5.41, 5.74) is 1.43. The number of hydrogen-bond donors (Lipinski definition) is 0. The molecule has 2 aromatic rings. The number of hydrogen-bond acceptors (Lipinski definition) is 4. The Labute approximate surface area is 169 Å². The molecule has 0 spiro atoms. The molecule has 0 radical (unpaired) electrons. The zero-order valence-electron chi connectivity index (χ0n) is 16.7. The monoisotopic (exact) mass is 452 g/mol. The Morgan fingerprint density at radius 2 is 1.74 bits per heavy atom. The summed E-state index contributed by atoms with van der Waals surface area (Å²) in [5, 5.41) is 0.767. The van der Waals surface area contributed by atoms with Gasteiger partial charge in [0.15, 0.2) is 0 Å². The first-order valence-corrected chi connectivity index (χ1v) is 14.7. The maximum absolute atomic E-state index is 12.8. The van der Waals surface area contributed by atoms with Gasteiger partial charge < -0.3 is 0 Å². The molecule has 0 atom stereocenters. The van der Waals surface area contributed by atoms with Crippen LogP contribution >= 0.6 is 0 Å². The van der Waals surface area contributed by atoms with E-state index in [1.807, 2.05) is 24.3 Å². The molecule has 0 aliphatic heterocycles. The van der Waals surface area contributed by atoms with Gasteiger partial charge in [0, 0.05) is 0 Å². The summed E-state index contributed by atoms with van der Waals surface area (Å²) in [4.78, 5) is 12.8. The summed E-state index contributed by atoms with van der Waals surface area (Å²) in [7, 11) is 1.93. The van der Waals surface area contributed by atoms with Crippen LogP contribution in [-0.2, 0) is 10.1 Å². The molecular weight excluding hydrogens is 423 g/mol. The summed E-state index contributed by atoms with van der Waals surface area (Å²) in [6.45, 7) is 7.25. The molecular formula is C21H28O4SeSi. The molecule has 0 amide bonds. The van der Waals surface area contributed by atoms with E-state index in [0.29, 0.717) is 23.7 Å². The Balaban J connectivity index is 2.25. The van der Waals surface area contributed by atoms with Crippen molar-refractivity contribution in [1.29, 1.82) is 0 Å². The van der Waals surface area contributed by atoms with Crippen molar-refractivity contribution in [3.05, 3.63) is 53.6 Å². The van der Waals surface area contributed by atoms with E-state index in [1.54, 1.807) is 20.3 Å². The van der Waals surface area contributed by atoms with E-state index < -0.39 is 8.07 Å². The standard InChI is InChI=1S/C21H28O4SeSi/c1-23-17-13-16(15-26-18-9-7-6-8-10-18)20(19(14-17)24-2)21(22)25-11-12-27(3,4)5/h6-10,13-14H,11-12,15H2,1-5H3. The molecule has 146 valence electrons. The number of carbonyl (C=O) groups is 1. The normalized spacial score (nSPS) is 11.1. The van der Waals surface area contributed by atoms with E-state index in [0.717, 1.165) is 16.9 Å². The van der Waals surface area contributed by atoms with Gasteiger partial charge in [-0.3, -0.25) is 0 Å². The first-order chi connectivity index (χ1) is 12.8. The summed E-state index contributed by atoms with van der Waals surface area (Å²) >= 11 is 0.200. The van der Waals surface area contributed by atoms with Crippen LogP contribution in [-0.4, -0.2) is 49.8 Å². The average Bonchev–Trinajstić information content (AvgIpc) is 2.65. The van der Waals surface area contributed by atoms with Crippen LogP contribution in [0.3, 0.4) is 0 Å². The van der Waals surface area contributed by atoms with Gasteiger partial charge in [-0.2, -0.15) is 0 Å². The minimum atomic E-state index is -1.26. The third kappa shape index (κ3) is 6.72. The molecule has 0 saturated carbocycles. The fourth-order valence-electron chi connectivity index (χ4n) is 2.47. The number of esters is 1. The second-order valence-electron chi connectivity index (χ2n) is 7.41. The fraction of sp³-hybridized carbons (Fsp3) is 0.381. The third-order valence-corrected chi connectivity index (χ3v) is 7.97. The van der Waals surface area contributed by atoms with E-state index in [9.17, 15) is 4.79 Å². The molecule has 27 heavy (non-hydrogen) atoms. The van der Waals surface area contributed by atoms with Crippen LogP contribution in [0.25, 0.3) is 0 Å². The van der Waals surface area contributed by atoms with Gasteiger partial charge in [0.2, 0.25) is 0 Å².